The molecule has 0 heterocycles. The number of carbonyl (C=O) groups excluding carboxylic acids is 1. The summed E-state index contributed by atoms with van der Waals surface area (Å²) in [5, 5.41) is 3.02. The Morgan fingerprint density at radius 3 is 2.43 bits per heavy atom. The maximum atomic E-state index is 11.8. The number of amides is 1. The zero-order chi connectivity index (χ0) is 15.6. The molecule has 0 aliphatic heterocycles. The number of nitrogens with one attached hydrogen (secondary N) is 1. The van der Waals surface area contributed by atoms with E-state index in [1.54, 1.807) is 12.1 Å². The first kappa shape index (κ1) is 16.3. The van der Waals surface area contributed by atoms with E-state index < -0.39 is 9.05 Å². The molecule has 1 aliphatic rings. The highest BCUT2D eigenvalue weighted by molar-refractivity contribution is 8.13. The summed E-state index contributed by atoms with van der Waals surface area (Å²) in [5.74, 6) is 0.862. The van der Waals surface area contributed by atoms with Gasteiger partial charge in [-0.15, -0.1) is 0 Å². The number of halogens is 1. The third kappa shape index (κ3) is 4.71. The number of benzene rings is 1. The topological polar surface area (TPSA) is 63.2 Å². The molecule has 1 aromatic carbocycles. The molecule has 0 saturated heterocycles. The molecule has 1 saturated carbocycles. The zero-order valence-corrected chi connectivity index (χ0v) is 13.7. The van der Waals surface area contributed by atoms with Crippen LogP contribution in [0.15, 0.2) is 29.2 Å². The first-order valence-electron chi connectivity index (χ1n) is 7.11. The van der Waals surface area contributed by atoms with E-state index in [-0.39, 0.29) is 22.8 Å². The molecule has 6 heteroatoms. The van der Waals surface area contributed by atoms with Crippen molar-refractivity contribution in [1.29, 1.82) is 0 Å². The summed E-state index contributed by atoms with van der Waals surface area (Å²) >= 11 is 0. The smallest absolute Gasteiger partial charge is 0.261 e. The molecule has 1 fully saturated rings. The number of rotatable bonds is 6. The van der Waals surface area contributed by atoms with Gasteiger partial charge in [-0.1, -0.05) is 19.1 Å². The SMILES string of the molecule is CC(CCc1ccc(S(=O)(=O)Cl)cc1)NC(=O)C1CC1C. The predicted molar refractivity (Wildman–Crippen MR) is 82.7 cm³/mol. The zero-order valence-electron chi connectivity index (χ0n) is 12.2. The second kappa shape index (κ2) is 6.36. The predicted octanol–water partition coefficient (Wildman–Crippen LogP) is 2.71. The molecule has 0 aromatic heterocycles. The lowest BCUT2D eigenvalue weighted by molar-refractivity contribution is -0.123. The molecule has 2 rings (SSSR count). The molecule has 4 nitrogen and oxygen atoms in total. The van der Waals surface area contributed by atoms with Crippen molar-refractivity contribution < 1.29 is 13.2 Å². The van der Waals surface area contributed by atoms with Crippen molar-refractivity contribution in [2.75, 3.05) is 0 Å². The molecule has 1 amide bonds. The summed E-state index contributed by atoms with van der Waals surface area (Å²) in [6, 6.07) is 6.64. The van der Waals surface area contributed by atoms with Crippen molar-refractivity contribution in [2.45, 2.75) is 44.0 Å². The van der Waals surface area contributed by atoms with E-state index in [2.05, 4.69) is 12.2 Å². The summed E-state index contributed by atoms with van der Waals surface area (Å²) in [7, 11) is 1.61. The highest BCUT2D eigenvalue weighted by Gasteiger charge is 2.39. The molecular weight excluding hydrogens is 310 g/mol. The van der Waals surface area contributed by atoms with E-state index >= 15 is 0 Å². The van der Waals surface area contributed by atoms with Crippen LogP contribution in [0, 0.1) is 11.8 Å². The Balaban J connectivity index is 1.81. The standard InChI is InChI=1S/C15H20ClNO3S/c1-10-9-14(10)15(18)17-11(2)3-4-12-5-7-13(8-6-12)21(16,19)20/h5-8,10-11,14H,3-4,9H2,1-2H3,(H,17,18). The van der Waals surface area contributed by atoms with Crippen LogP contribution in [-0.2, 0) is 20.3 Å². The van der Waals surface area contributed by atoms with E-state index in [9.17, 15) is 13.2 Å². The van der Waals surface area contributed by atoms with Crippen LogP contribution in [0.1, 0.15) is 32.3 Å². The lowest BCUT2D eigenvalue weighted by Gasteiger charge is -2.14. The highest BCUT2D eigenvalue weighted by Crippen LogP contribution is 2.37. The van der Waals surface area contributed by atoms with Crippen molar-refractivity contribution in [3.8, 4) is 0 Å². The van der Waals surface area contributed by atoms with Gasteiger partial charge in [0.25, 0.3) is 9.05 Å². The fourth-order valence-electron chi connectivity index (χ4n) is 2.31. The fraction of sp³-hybridized carbons (Fsp3) is 0.533. The number of hydrogen-bond donors (Lipinski definition) is 1. The Labute approximate surface area is 130 Å². The van der Waals surface area contributed by atoms with Crippen molar-refractivity contribution in [2.24, 2.45) is 11.8 Å². The molecule has 3 unspecified atom stereocenters. The molecule has 3 atom stereocenters. The third-order valence-electron chi connectivity index (χ3n) is 3.91. The number of carbonyl (C=O) groups is 1. The summed E-state index contributed by atoms with van der Waals surface area (Å²) in [6.45, 7) is 4.07. The molecule has 1 N–H and O–H groups in total. The van der Waals surface area contributed by atoms with Gasteiger partial charge in [0.2, 0.25) is 5.91 Å². The first-order valence-corrected chi connectivity index (χ1v) is 9.42. The van der Waals surface area contributed by atoms with Crippen LogP contribution in [0.25, 0.3) is 0 Å². The number of hydrogen-bond acceptors (Lipinski definition) is 3. The van der Waals surface area contributed by atoms with E-state index in [4.69, 9.17) is 10.7 Å². The molecule has 0 radical (unpaired) electrons. The maximum Gasteiger partial charge on any atom is 0.261 e. The van der Waals surface area contributed by atoms with Crippen LogP contribution in [-0.4, -0.2) is 20.4 Å². The van der Waals surface area contributed by atoms with Crippen LogP contribution < -0.4 is 5.32 Å². The maximum absolute atomic E-state index is 11.8. The van der Waals surface area contributed by atoms with Gasteiger partial charge in [0, 0.05) is 22.6 Å². The van der Waals surface area contributed by atoms with E-state index in [1.165, 1.54) is 12.1 Å². The van der Waals surface area contributed by atoms with Crippen molar-refractivity contribution in [3.63, 3.8) is 0 Å². The van der Waals surface area contributed by atoms with Gasteiger partial charge in [0.1, 0.15) is 0 Å². The average Bonchev–Trinajstić information content (AvgIpc) is 3.13. The molecule has 0 bridgehead atoms. The van der Waals surface area contributed by atoms with Gasteiger partial charge in [-0.2, -0.15) is 0 Å². The van der Waals surface area contributed by atoms with Gasteiger partial charge >= 0.3 is 0 Å². The third-order valence-corrected chi connectivity index (χ3v) is 5.28. The largest absolute Gasteiger partial charge is 0.353 e. The molecule has 1 aromatic rings. The number of aryl methyl sites for hydroxylation is 1. The van der Waals surface area contributed by atoms with Crippen LogP contribution in [0.5, 0.6) is 0 Å². The monoisotopic (exact) mass is 329 g/mol. The lowest BCUT2D eigenvalue weighted by Crippen LogP contribution is -2.34. The average molecular weight is 330 g/mol. The van der Waals surface area contributed by atoms with E-state index in [1.807, 2.05) is 6.92 Å². The summed E-state index contributed by atoms with van der Waals surface area (Å²) in [5.41, 5.74) is 1.03. The molecule has 0 spiro atoms. The minimum Gasteiger partial charge on any atom is -0.353 e. The Morgan fingerprint density at radius 1 is 1.38 bits per heavy atom. The van der Waals surface area contributed by atoms with Gasteiger partial charge in [0.05, 0.1) is 4.90 Å². The fourth-order valence-corrected chi connectivity index (χ4v) is 3.08. The van der Waals surface area contributed by atoms with E-state index in [0.29, 0.717) is 5.92 Å². The van der Waals surface area contributed by atoms with Gasteiger partial charge in [-0.3, -0.25) is 4.79 Å². The Bertz CT molecular complexity index is 612. The van der Waals surface area contributed by atoms with Crippen LogP contribution in [0.4, 0.5) is 0 Å². The lowest BCUT2D eigenvalue weighted by atomic mass is 10.1. The van der Waals surface area contributed by atoms with Gasteiger partial charge in [-0.05, 0) is 49.8 Å². The summed E-state index contributed by atoms with van der Waals surface area (Å²) in [4.78, 5) is 11.9. The minimum absolute atomic E-state index is 0.108. The molecule has 116 valence electrons. The van der Waals surface area contributed by atoms with Crippen LogP contribution in [0.3, 0.4) is 0 Å². The van der Waals surface area contributed by atoms with Crippen molar-refractivity contribution >= 4 is 25.6 Å². The summed E-state index contributed by atoms with van der Waals surface area (Å²) in [6.07, 6.45) is 2.59. The Morgan fingerprint density at radius 2 is 1.95 bits per heavy atom. The van der Waals surface area contributed by atoms with Gasteiger partial charge < -0.3 is 5.32 Å². The molecule has 21 heavy (non-hydrogen) atoms. The normalized spacial score (nSPS) is 22.6. The second-order valence-corrected chi connectivity index (χ2v) is 8.42. The molecular formula is C15H20ClNO3S. The highest BCUT2D eigenvalue weighted by atomic mass is 35.7. The Hall–Kier alpha value is -1.07. The molecule has 1 aliphatic carbocycles. The van der Waals surface area contributed by atoms with E-state index in [0.717, 1.165) is 24.8 Å². The quantitative estimate of drug-likeness (QED) is 0.816. The van der Waals surface area contributed by atoms with Crippen LogP contribution >= 0.6 is 10.7 Å². The Kier molecular flexibility index (Phi) is 4.94. The summed E-state index contributed by atoms with van der Waals surface area (Å²) < 4.78 is 22.3. The van der Waals surface area contributed by atoms with Gasteiger partial charge in [-0.25, -0.2) is 8.42 Å². The van der Waals surface area contributed by atoms with Gasteiger partial charge in [0.15, 0.2) is 0 Å². The minimum atomic E-state index is -3.66. The van der Waals surface area contributed by atoms with Crippen molar-refractivity contribution in [1.82, 2.24) is 5.32 Å². The first-order chi connectivity index (χ1) is 9.77. The van der Waals surface area contributed by atoms with Crippen LogP contribution in [0.2, 0.25) is 0 Å². The second-order valence-electron chi connectivity index (χ2n) is 5.85. The van der Waals surface area contributed by atoms with Crippen molar-refractivity contribution in [3.05, 3.63) is 29.8 Å².